The lowest BCUT2D eigenvalue weighted by atomic mass is 10.1. The number of carbonyl (C=O) groups is 1. The van der Waals surface area contributed by atoms with E-state index in [1.165, 1.54) is 12.1 Å². The molecule has 1 amide bonds. The first-order valence-corrected chi connectivity index (χ1v) is 10.1. The third kappa shape index (κ3) is 4.84. The Morgan fingerprint density at radius 1 is 1.16 bits per heavy atom. The molecule has 0 spiro atoms. The van der Waals surface area contributed by atoms with Gasteiger partial charge < -0.3 is 15.0 Å². The van der Waals surface area contributed by atoms with Crippen LogP contribution in [0.4, 0.5) is 17.2 Å². The van der Waals surface area contributed by atoms with Crippen molar-refractivity contribution in [1.82, 2.24) is 9.78 Å². The Hall–Kier alpha value is -3.43. The second-order valence-electron chi connectivity index (χ2n) is 7.01. The van der Waals surface area contributed by atoms with Crippen LogP contribution in [0.2, 0.25) is 5.02 Å². The van der Waals surface area contributed by atoms with Gasteiger partial charge in [-0.05, 0) is 23.8 Å². The SMILES string of the molecule is O=C(Nc1ccnn1Cc1ccc(Cl)cc1)c1cc([N+](=O)[O-])ccc1N1CCOCC1. The summed E-state index contributed by atoms with van der Waals surface area (Å²) in [4.78, 5) is 25.9. The van der Waals surface area contributed by atoms with Gasteiger partial charge in [-0.3, -0.25) is 14.9 Å². The average molecular weight is 442 g/mol. The first-order chi connectivity index (χ1) is 15.0. The number of hydrogen-bond acceptors (Lipinski definition) is 6. The van der Waals surface area contributed by atoms with Crippen LogP contribution in [0.3, 0.4) is 0 Å². The van der Waals surface area contributed by atoms with Gasteiger partial charge in [-0.15, -0.1) is 0 Å². The highest BCUT2D eigenvalue weighted by Crippen LogP contribution is 2.27. The van der Waals surface area contributed by atoms with Crippen molar-refractivity contribution in [2.75, 3.05) is 36.5 Å². The van der Waals surface area contributed by atoms with Crippen molar-refractivity contribution in [1.29, 1.82) is 0 Å². The molecular weight excluding hydrogens is 422 g/mol. The largest absolute Gasteiger partial charge is 0.378 e. The van der Waals surface area contributed by atoms with E-state index in [0.29, 0.717) is 49.4 Å². The topological polar surface area (TPSA) is 103 Å². The molecule has 1 aromatic heterocycles. The van der Waals surface area contributed by atoms with Gasteiger partial charge in [-0.1, -0.05) is 23.7 Å². The Bertz CT molecular complexity index is 1090. The standard InChI is InChI=1S/C21H20ClN5O4/c22-16-3-1-15(2-4-16)14-26-20(7-8-23-26)24-21(28)18-13-17(27(29)30)5-6-19(18)25-9-11-31-12-10-25/h1-8,13H,9-12,14H2,(H,24,28). The van der Waals surface area contributed by atoms with Crippen LogP contribution in [-0.4, -0.2) is 46.9 Å². The molecule has 1 aliphatic rings. The van der Waals surface area contributed by atoms with Gasteiger partial charge in [0.15, 0.2) is 0 Å². The van der Waals surface area contributed by atoms with E-state index < -0.39 is 10.8 Å². The molecule has 1 saturated heterocycles. The number of carbonyl (C=O) groups excluding carboxylic acids is 1. The molecule has 2 aromatic carbocycles. The number of non-ortho nitro benzene ring substituents is 1. The van der Waals surface area contributed by atoms with Crippen LogP contribution < -0.4 is 10.2 Å². The van der Waals surface area contributed by atoms with Crippen LogP contribution in [0, 0.1) is 10.1 Å². The highest BCUT2D eigenvalue weighted by molar-refractivity contribution is 6.30. The smallest absolute Gasteiger partial charge is 0.270 e. The number of nitrogens with zero attached hydrogens (tertiary/aromatic N) is 4. The van der Waals surface area contributed by atoms with E-state index in [1.54, 1.807) is 35.1 Å². The van der Waals surface area contributed by atoms with Crippen molar-refractivity contribution < 1.29 is 14.5 Å². The van der Waals surface area contributed by atoms with Crippen molar-refractivity contribution in [2.24, 2.45) is 0 Å². The molecule has 0 saturated carbocycles. The summed E-state index contributed by atoms with van der Waals surface area (Å²) >= 11 is 5.94. The number of benzene rings is 2. The van der Waals surface area contributed by atoms with Crippen LogP contribution in [0.25, 0.3) is 0 Å². The van der Waals surface area contributed by atoms with Gasteiger partial charge in [0.1, 0.15) is 5.82 Å². The van der Waals surface area contributed by atoms with Gasteiger partial charge in [0, 0.05) is 36.3 Å². The van der Waals surface area contributed by atoms with Gasteiger partial charge in [0.25, 0.3) is 11.6 Å². The van der Waals surface area contributed by atoms with Crippen LogP contribution in [0.1, 0.15) is 15.9 Å². The Kier molecular flexibility index (Phi) is 6.15. The number of ether oxygens (including phenoxy) is 1. The number of hydrogen-bond donors (Lipinski definition) is 1. The first-order valence-electron chi connectivity index (χ1n) is 9.70. The van der Waals surface area contributed by atoms with Crippen LogP contribution in [0.15, 0.2) is 54.7 Å². The number of nitro groups is 1. The molecule has 1 aliphatic heterocycles. The lowest BCUT2D eigenvalue weighted by molar-refractivity contribution is -0.384. The van der Waals surface area contributed by atoms with Gasteiger partial charge in [-0.2, -0.15) is 5.10 Å². The Morgan fingerprint density at radius 2 is 1.90 bits per heavy atom. The van der Waals surface area contributed by atoms with Crippen molar-refractivity contribution in [3.63, 3.8) is 0 Å². The predicted octanol–water partition coefficient (Wildman–Crippen LogP) is 3.58. The van der Waals surface area contributed by atoms with E-state index in [1.807, 2.05) is 17.0 Å². The summed E-state index contributed by atoms with van der Waals surface area (Å²) < 4.78 is 7.02. The molecule has 9 nitrogen and oxygen atoms in total. The van der Waals surface area contributed by atoms with Crippen molar-refractivity contribution in [3.8, 4) is 0 Å². The van der Waals surface area contributed by atoms with E-state index in [0.717, 1.165) is 5.56 Å². The molecule has 10 heteroatoms. The molecule has 0 aliphatic carbocycles. The Labute approximate surface area is 183 Å². The predicted molar refractivity (Wildman–Crippen MR) is 117 cm³/mol. The van der Waals surface area contributed by atoms with Crippen molar-refractivity contribution in [2.45, 2.75) is 6.54 Å². The lowest BCUT2D eigenvalue weighted by Crippen LogP contribution is -2.37. The highest BCUT2D eigenvalue weighted by Gasteiger charge is 2.23. The number of nitrogens with one attached hydrogen (secondary N) is 1. The zero-order chi connectivity index (χ0) is 21.8. The van der Waals surface area contributed by atoms with Crippen molar-refractivity contribution in [3.05, 3.63) is 81.0 Å². The molecule has 0 radical (unpaired) electrons. The van der Waals surface area contributed by atoms with Gasteiger partial charge in [0.2, 0.25) is 0 Å². The normalized spacial score (nSPS) is 13.8. The summed E-state index contributed by atoms with van der Waals surface area (Å²) in [5.74, 6) is 0.0439. The van der Waals surface area contributed by atoms with E-state index in [9.17, 15) is 14.9 Å². The second kappa shape index (κ2) is 9.15. The summed E-state index contributed by atoms with van der Waals surface area (Å²) in [7, 11) is 0. The number of aromatic nitrogens is 2. The molecule has 1 fully saturated rings. The van der Waals surface area contributed by atoms with E-state index in [2.05, 4.69) is 10.4 Å². The Balaban J connectivity index is 1.59. The third-order valence-corrected chi connectivity index (χ3v) is 5.24. The highest BCUT2D eigenvalue weighted by atomic mass is 35.5. The molecule has 1 N–H and O–H groups in total. The fourth-order valence-electron chi connectivity index (χ4n) is 3.41. The summed E-state index contributed by atoms with van der Waals surface area (Å²) in [6.07, 6.45) is 1.59. The molecule has 4 rings (SSSR count). The lowest BCUT2D eigenvalue weighted by Gasteiger charge is -2.30. The number of morpholine rings is 1. The monoisotopic (exact) mass is 441 g/mol. The van der Waals surface area contributed by atoms with Gasteiger partial charge >= 0.3 is 0 Å². The van der Waals surface area contributed by atoms with E-state index in [-0.39, 0.29) is 11.3 Å². The molecule has 2 heterocycles. The maximum absolute atomic E-state index is 13.1. The fourth-order valence-corrected chi connectivity index (χ4v) is 3.54. The summed E-state index contributed by atoms with van der Waals surface area (Å²) in [5.41, 5.74) is 1.69. The summed E-state index contributed by atoms with van der Waals surface area (Å²) in [6, 6.07) is 13.3. The average Bonchev–Trinajstić information content (AvgIpc) is 3.21. The van der Waals surface area contributed by atoms with E-state index in [4.69, 9.17) is 16.3 Å². The molecule has 3 aromatic rings. The van der Waals surface area contributed by atoms with E-state index >= 15 is 0 Å². The maximum atomic E-state index is 13.1. The number of rotatable bonds is 6. The zero-order valence-electron chi connectivity index (χ0n) is 16.5. The minimum absolute atomic E-state index is 0.142. The molecule has 0 atom stereocenters. The number of nitro benzene ring substituents is 1. The number of anilines is 2. The molecule has 160 valence electrons. The minimum atomic E-state index is -0.509. The second-order valence-corrected chi connectivity index (χ2v) is 7.45. The minimum Gasteiger partial charge on any atom is -0.378 e. The quantitative estimate of drug-likeness (QED) is 0.463. The molecule has 0 unspecified atom stereocenters. The van der Waals surface area contributed by atoms with Crippen LogP contribution >= 0.6 is 11.6 Å². The molecular formula is C21H20ClN5O4. The zero-order valence-corrected chi connectivity index (χ0v) is 17.3. The maximum Gasteiger partial charge on any atom is 0.270 e. The van der Waals surface area contributed by atoms with Gasteiger partial charge in [-0.25, -0.2) is 4.68 Å². The Morgan fingerprint density at radius 3 is 2.61 bits per heavy atom. The van der Waals surface area contributed by atoms with Crippen LogP contribution in [-0.2, 0) is 11.3 Å². The van der Waals surface area contributed by atoms with Gasteiger partial charge in [0.05, 0.1) is 42.1 Å². The number of halogens is 1. The fraction of sp³-hybridized carbons (Fsp3) is 0.238. The molecule has 31 heavy (non-hydrogen) atoms. The summed E-state index contributed by atoms with van der Waals surface area (Å²) in [6.45, 7) is 2.71. The van der Waals surface area contributed by atoms with Crippen LogP contribution in [0.5, 0.6) is 0 Å². The first kappa shape index (κ1) is 20.8. The third-order valence-electron chi connectivity index (χ3n) is 4.99. The number of amides is 1. The van der Waals surface area contributed by atoms with Crippen molar-refractivity contribution >= 4 is 34.7 Å². The molecule has 0 bridgehead atoms. The summed E-state index contributed by atoms with van der Waals surface area (Å²) in [5, 5.41) is 19.0.